The summed E-state index contributed by atoms with van der Waals surface area (Å²) in [5.74, 6) is 0.971. The Bertz CT molecular complexity index is 489. The van der Waals surface area contributed by atoms with Gasteiger partial charge in [0.2, 0.25) is 0 Å². The number of fused-ring (bicyclic) bond motifs is 1. The number of aliphatic imine (C=N–C) groups is 1. The van der Waals surface area contributed by atoms with E-state index in [0.29, 0.717) is 0 Å². The fourth-order valence-electron chi connectivity index (χ4n) is 2.17. The largest absolute Gasteiger partial charge is 0.333 e. The fourth-order valence-corrected chi connectivity index (χ4v) is 2.17. The maximum absolute atomic E-state index is 4.85. The van der Waals surface area contributed by atoms with Gasteiger partial charge < -0.3 is 10.2 Å². The van der Waals surface area contributed by atoms with Crippen molar-refractivity contribution in [2.75, 3.05) is 5.32 Å². The lowest BCUT2D eigenvalue weighted by atomic mass is 10.0. The summed E-state index contributed by atoms with van der Waals surface area (Å²) in [6.45, 7) is 14.0. The summed E-state index contributed by atoms with van der Waals surface area (Å²) >= 11 is 0. The fraction of sp³-hybridized carbons (Fsp3) is 0.562. The molecule has 19 heavy (non-hydrogen) atoms. The van der Waals surface area contributed by atoms with Crippen LogP contribution in [0.1, 0.15) is 47.1 Å². The van der Waals surface area contributed by atoms with E-state index in [-0.39, 0.29) is 11.1 Å². The van der Waals surface area contributed by atoms with E-state index in [9.17, 15) is 0 Å². The summed E-state index contributed by atoms with van der Waals surface area (Å²) in [6, 6.07) is 8.45. The Morgan fingerprint density at radius 3 is 2.26 bits per heavy atom. The van der Waals surface area contributed by atoms with Crippen molar-refractivity contribution in [2.45, 2.75) is 59.2 Å². The number of anilines is 1. The van der Waals surface area contributed by atoms with Gasteiger partial charge in [0.25, 0.3) is 0 Å². The minimum absolute atomic E-state index is 0.0462. The van der Waals surface area contributed by atoms with E-state index in [1.54, 1.807) is 0 Å². The Morgan fingerprint density at radius 2 is 1.68 bits per heavy atom. The number of hydrogen-bond donors (Lipinski definition) is 1. The summed E-state index contributed by atoms with van der Waals surface area (Å²) < 4.78 is 0. The summed E-state index contributed by atoms with van der Waals surface area (Å²) in [4.78, 5) is 7.18. The summed E-state index contributed by atoms with van der Waals surface area (Å²) in [5, 5.41) is 3.49. The van der Waals surface area contributed by atoms with Gasteiger partial charge in [0.1, 0.15) is 0 Å². The first-order valence-electron chi connectivity index (χ1n) is 6.89. The number of para-hydroxylation sites is 1. The maximum Gasteiger partial charge on any atom is 0.199 e. The molecule has 1 aromatic rings. The van der Waals surface area contributed by atoms with Gasteiger partial charge in [-0.05, 0) is 53.2 Å². The van der Waals surface area contributed by atoms with Crippen molar-refractivity contribution in [1.82, 2.24) is 4.90 Å². The highest BCUT2D eigenvalue weighted by Gasteiger charge is 2.30. The van der Waals surface area contributed by atoms with Crippen LogP contribution in [-0.2, 0) is 6.54 Å². The zero-order valence-electron chi connectivity index (χ0n) is 12.9. The van der Waals surface area contributed by atoms with E-state index in [1.807, 2.05) is 0 Å². The third-order valence-electron chi connectivity index (χ3n) is 3.10. The zero-order valence-corrected chi connectivity index (χ0v) is 12.9. The van der Waals surface area contributed by atoms with Gasteiger partial charge in [-0.3, -0.25) is 0 Å². The van der Waals surface area contributed by atoms with Gasteiger partial charge in [0.05, 0.1) is 5.54 Å². The first-order valence-corrected chi connectivity index (χ1v) is 6.89. The first kappa shape index (κ1) is 13.9. The molecule has 1 heterocycles. The predicted molar refractivity (Wildman–Crippen MR) is 82.5 cm³/mol. The molecule has 0 amide bonds. The number of rotatable bonds is 0. The highest BCUT2D eigenvalue weighted by Crippen LogP contribution is 2.28. The zero-order chi connectivity index (χ0) is 14.3. The van der Waals surface area contributed by atoms with Crippen LogP contribution in [0.3, 0.4) is 0 Å². The van der Waals surface area contributed by atoms with Gasteiger partial charge in [-0.25, -0.2) is 4.99 Å². The van der Waals surface area contributed by atoms with Crippen molar-refractivity contribution in [3.05, 3.63) is 29.8 Å². The molecular formula is C16H25N3. The molecule has 0 aliphatic carbocycles. The van der Waals surface area contributed by atoms with E-state index in [2.05, 4.69) is 76.0 Å². The molecule has 0 saturated carbocycles. The predicted octanol–water partition coefficient (Wildman–Crippen LogP) is 3.87. The minimum Gasteiger partial charge on any atom is -0.333 e. The van der Waals surface area contributed by atoms with E-state index in [4.69, 9.17) is 4.99 Å². The van der Waals surface area contributed by atoms with Crippen LogP contribution in [-0.4, -0.2) is 21.9 Å². The molecule has 1 N–H and O–H groups in total. The Balaban J connectivity index is 2.44. The normalized spacial score (nSPS) is 18.2. The van der Waals surface area contributed by atoms with Crippen LogP contribution in [0.4, 0.5) is 5.69 Å². The molecule has 2 rings (SSSR count). The Labute approximate surface area is 116 Å². The van der Waals surface area contributed by atoms with Crippen LogP contribution in [0, 0.1) is 0 Å². The second kappa shape index (κ2) is 4.55. The smallest absolute Gasteiger partial charge is 0.199 e. The van der Waals surface area contributed by atoms with E-state index in [1.165, 1.54) is 11.3 Å². The Kier molecular flexibility index (Phi) is 3.33. The molecular weight excluding hydrogens is 234 g/mol. The SMILES string of the molecule is CC(C)(C)N=C1Nc2ccccc2CN1C(C)(C)C. The van der Waals surface area contributed by atoms with Crippen LogP contribution in [0.5, 0.6) is 0 Å². The third-order valence-corrected chi connectivity index (χ3v) is 3.10. The topological polar surface area (TPSA) is 27.6 Å². The quantitative estimate of drug-likeness (QED) is 0.766. The van der Waals surface area contributed by atoms with Crippen LogP contribution in [0.25, 0.3) is 0 Å². The molecule has 3 heteroatoms. The average molecular weight is 259 g/mol. The van der Waals surface area contributed by atoms with Crippen molar-refractivity contribution in [3.63, 3.8) is 0 Å². The van der Waals surface area contributed by atoms with Gasteiger partial charge in [-0.1, -0.05) is 18.2 Å². The molecule has 1 aliphatic rings. The molecule has 104 valence electrons. The Morgan fingerprint density at radius 1 is 1.05 bits per heavy atom. The molecule has 0 unspecified atom stereocenters. The van der Waals surface area contributed by atoms with Gasteiger partial charge >= 0.3 is 0 Å². The van der Waals surface area contributed by atoms with Gasteiger partial charge in [-0.2, -0.15) is 0 Å². The van der Waals surface area contributed by atoms with Crippen molar-refractivity contribution < 1.29 is 0 Å². The lowest BCUT2D eigenvalue weighted by molar-refractivity contribution is 0.223. The molecule has 0 aromatic heterocycles. The van der Waals surface area contributed by atoms with Gasteiger partial charge in [-0.15, -0.1) is 0 Å². The van der Waals surface area contributed by atoms with Crippen LogP contribution < -0.4 is 5.32 Å². The van der Waals surface area contributed by atoms with Gasteiger partial charge in [0.15, 0.2) is 5.96 Å². The first-order chi connectivity index (χ1) is 8.67. The number of nitrogens with one attached hydrogen (secondary N) is 1. The standard InChI is InChI=1S/C16H25N3/c1-15(2,3)18-14-17-13-10-8-7-9-12(13)11-19(14)16(4,5)6/h7-10H,11H2,1-6H3,(H,17,18). The lowest BCUT2D eigenvalue weighted by Gasteiger charge is -2.42. The molecule has 0 saturated heterocycles. The maximum atomic E-state index is 4.85. The molecule has 0 bridgehead atoms. The lowest BCUT2D eigenvalue weighted by Crippen LogP contribution is -2.51. The van der Waals surface area contributed by atoms with E-state index < -0.39 is 0 Å². The highest BCUT2D eigenvalue weighted by atomic mass is 15.4. The van der Waals surface area contributed by atoms with Crippen LogP contribution in [0.2, 0.25) is 0 Å². The van der Waals surface area contributed by atoms with E-state index >= 15 is 0 Å². The molecule has 0 radical (unpaired) electrons. The second-order valence-electron chi connectivity index (χ2n) is 7.15. The Hall–Kier alpha value is -1.51. The van der Waals surface area contributed by atoms with Crippen molar-refractivity contribution in [3.8, 4) is 0 Å². The molecule has 1 aromatic carbocycles. The van der Waals surface area contributed by atoms with Crippen molar-refractivity contribution in [2.24, 2.45) is 4.99 Å². The van der Waals surface area contributed by atoms with Crippen molar-refractivity contribution >= 4 is 11.6 Å². The van der Waals surface area contributed by atoms with Gasteiger partial charge in [0, 0.05) is 17.8 Å². The number of nitrogens with zero attached hydrogens (tertiary/aromatic N) is 2. The number of hydrogen-bond acceptors (Lipinski definition) is 1. The summed E-state index contributed by atoms with van der Waals surface area (Å²) in [5.41, 5.74) is 2.46. The third kappa shape index (κ3) is 3.28. The summed E-state index contributed by atoms with van der Waals surface area (Å²) in [6.07, 6.45) is 0. The molecule has 1 aliphatic heterocycles. The molecule has 3 nitrogen and oxygen atoms in total. The average Bonchev–Trinajstić information content (AvgIpc) is 2.24. The van der Waals surface area contributed by atoms with Crippen LogP contribution in [0.15, 0.2) is 29.3 Å². The van der Waals surface area contributed by atoms with Crippen LogP contribution >= 0.6 is 0 Å². The monoisotopic (exact) mass is 259 g/mol. The second-order valence-corrected chi connectivity index (χ2v) is 7.15. The molecule has 0 fully saturated rings. The molecule has 0 atom stereocenters. The summed E-state index contributed by atoms with van der Waals surface area (Å²) in [7, 11) is 0. The highest BCUT2D eigenvalue weighted by molar-refractivity contribution is 5.96. The number of guanidine groups is 1. The minimum atomic E-state index is -0.0852. The van der Waals surface area contributed by atoms with E-state index in [0.717, 1.165) is 12.5 Å². The van der Waals surface area contributed by atoms with Crippen molar-refractivity contribution in [1.29, 1.82) is 0 Å². The number of benzene rings is 1. The molecule has 0 spiro atoms.